The van der Waals surface area contributed by atoms with E-state index < -0.39 is 5.41 Å². The lowest BCUT2D eigenvalue weighted by Crippen LogP contribution is -2.34. The Kier molecular flexibility index (Phi) is 4.59. The maximum absolute atomic E-state index is 13.4. The van der Waals surface area contributed by atoms with Crippen molar-refractivity contribution in [1.82, 2.24) is 4.98 Å². The first-order valence-electron chi connectivity index (χ1n) is 8.17. The molecule has 6 heteroatoms. The molecule has 0 aliphatic rings. The second-order valence-electron chi connectivity index (χ2n) is 6.54. The smallest absolute Gasteiger partial charge is 0.234 e. The van der Waals surface area contributed by atoms with Gasteiger partial charge in [-0.15, -0.1) is 0 Å². The molecule has 2 aromatic carbocycles. The predicted molar refractivity (Wildman–Crippen MR) is 99.5 cm³/mol. The predicted octanol–water partition coefficient (Wildman–Crippen LogP) is 4.24. The number of nitrogens with one attached hydrogen (secondary N) is 2. The Bertz CT molecular complexity index is 963. The van der Waals surface area contributed by atoms with Gasteiger partial charge in [0, 0.05) is 23.2 Å². The van der Waals surface area contributed by atoms with Crippen molar-refractivity contribution >= 4 is 22.5 Å². The quantitative estimate of drug-likeness (QED) is 0.719. The van der Waals surface area contributed by atoms with Gasteiger partial charge >= 0.3 is 0 Å². The molecule has 1 amide bonds. The zero-order chi connectivity index (χ0) is 18.9. The van der Waals surface area contributed by atoms with Crippen LogP contribution in [-0.4, -0.2) is 25.1 Å². The molecule has 0 aliphatic heterocycles. The number of amides is 1. The minimum absolute atomic E-state index is 0.203. The first kappa shape index (κ1) is 17.8. The third-order valence-corrected chi connectivity index (χ3v) is 4.54. The minimum atomic E-state index is -0.846. The number of aromatic amines is 1. The van der Waals surface area contributed by atoms with Gasteiger partial charge in [-0.25, -0.2) is 4.39 Å². The third-order valence-electron chi connectivity index (χ3n) is 4.54. The van der Waals surface area contributed by atoms with Gasteiger partial charge in [0.2, 0.25) is 5.91 Å². The molecule has 3 rings (SSSR count). The molecule has 26 heavy (non-hydrogen) atoms. The molecular weight excluding hydrogens is 335 g/mol. The van der Waals surface area contributed by atoms with Crippen molar-refractivity contribution in [3.05, 3.63) is 54.0 Å². The fraction of sp³-hybridized carbons (Fsp3) is 0.250. The van der Waals surface area contributed by atoms with Crippen LogP contribution in [0.2, 0.25) is 0 Å². The Balaban J connectivity index is 1.93. The highest BCUT2D eigenvalue weighted by Gasteiger charge is 2.32. The molecule has 0 unspecified atom stereocenters. The average molecular weight is 356 g/mol. The highest BCUT2D eigenvalue weighted by Crippen LogP contribution is 2.34. The number of anilines is 1. The van der Waals surface area contributed by atoms with Crippen molar-refractivity contribution in [1.29, 1.82) is 0 Å². The summed E-state index contributed by atoms with van der Waals surface area (Å²) in [5.41, 5.74) is 1.15. The van der Waals surface area contributed by atoms with E-state index in [-0.39, 0.29) is 11.7 Å². The number of carbonyl (C=O) groups is 1. The highest BCUT2D eigenvalue weighted by molar-refractivity contribution is 6.02. The molecule has 0 aliphatic carbocycles. The number of carbonyl (C=O) groups excluding carboxylic acids is 1. The fourth-order valence-electron chi connectivity index (χ4n) is 2.92. The fourth-order valence-corrected chi connectivity index (χ4v) is 2.92. The third kappa shape index (κ3) is 3.10. The van der Waals surface area contributed by atoms with Crippen LogP contribution in [0.3, 0.4) is 0 Å². The number of hydrogen-bond acceptors (Lipinski definition) is 3. The SMILES string of the molecule is COc1ccc(NC(=O)C(C)(C)c2c[nH]c3cc(F)ccc23)c(OC)c1. The number of methoxy groups -OCH3 is 2. The van der Waals surface area contributed by atoms with E-state index in [9.17, 15) is 9.18 Å². The van der Waals surface area contributed by atoms with E-state index in [1.54, 1.807) is 37.6 Å². The lowest BCUT2D eigenvalue weighted by atomic mass is 9.83. The molecule has 136 valence electrons. The molecular formula is C20H21FN2O3. The van der Waals surface area contributed by atoms with E-state index in [1.807, 2.05) is 13.8 Å². The summed E-state index contributed by atoms with van der Waals surface area (Å²) in [5.74, 6) is 0.620. The van der Waals surface area contributed by atoms with Crippen LogP contribution in [-0.2, 0) is 10.2 Å². The zero-order valence-electron chi connectivity index (χ0n) is 15.1. The molecule has 0 atom stereocenters. The average Bonchev–Trinajstić information content (AvgIpc) is 3.05. The van der Waals surface area contributed by atoms with Crippen LogP contribution in [0.4, 0.5) is 10.1 Å². The first-order valence-corrected chi connectivity index (χ1v) is 8.17. The summed E-state index contributed by atoms with van der Waals surface area (Å²) in [5, 5.41) is 3.72. The Morgan fingerprint density at radius 2 is 1.88 bits per heavy atom. The van der Waals surface area contributed by atoms with Crippen LogP contribution >= 0.6 is 0 Å². The summed E-state index contributed by atoms with van der Waals surface area (Å²) in [6.45, 7) is 3.65. The Morgan fingerprint density at radius 3 is 2.58 bits per heavy atom. The van der Waals surface area contributed by atoms with Gasteiger partial charge in [-0.3, -0.25) is 4.79 Å². The number of aromatic nitrogens is 1. The van der Waals surface area contributed by atoms with Crippen LogP contribution in [0, 0.1) is 5.82 Å². The van der Waals surface area contributed by atoms with E-state index in [4.69, 9.17) is 9.47 Å². The number of fused-ring (bicyclic) bond motifs is 1. The molecule has 0 spiro atoms. The summed E-state index contributed by atoms with van der Waals surface area (Å²) in [7, 11) is 3.10. The van der Waals surface area contributed by atoms with Gasteiger partial charge in [-0.1, -0.05) is 0 Å². The van der Waals surface area contributed by atoms with Gasteiger partial charge in [0.15, 0.2) is 0 Å². The van der Waals surface area contributed by atoms with Crippen molar-refractivity contribution in [2.24, 2.45) is 0 Å². The summed E-state index contributed by atoms with van der Waals surface area (Å²) < 4.78 is 23.9. The lowest BCUT2D eigenvalue weighted by Gasteiger charge is -2.24. The number of rotatable bonds is 5. The van der Waals surface area contributed by atoms with Crippen molar-refractivity contribution < 1.29 is 18.7 Å². The Labute approximate surface area is 151 Å². The molecule has 0 saturated heterocycles. The lowest BCUT2D eigenvalue weighted by molar-refractivity contribution is -0.120. The maximum Gasteiger partial charge on any atom is 0.234 e. The molecule has 5 nitrogen and oxygen atoms in total. The van der Waals surface area contributed by atoms with E-state index in [0.717, 1.165) is 10.9 Å². The molecule has 1 heterocycles. The zero-order valence-corrected chi connectivity index (χ0v) is 15.1. The molecule has 2 N–H and O–H groups in total. The molecule has 3 aromatic rings. The van der Waals surface area contributed by atoms with Crippen LogP contribution in [0.25, 0.3) is 10.9 Å². The van der Waals surface area contributed by atoms with Gasteiger partial charge < -0.3 is 19.8 Å². The molecule has 0 radical (unpaired) electrons. The Morgan fingerprint density at radius 1 is 1.12 bits per heavy atom. The number of benzene rings is 2. The van der Waals surface area contributed by atoms with Gasteiger partial charge in [0.25, 0.3) is 0 Å². The van der Waals surface area contributed by atoms with Crippen LogP contribution in [0.15, 0.2) is 42.6 Å². The standard InChI is InChI=1S/C20H21FN2O3/c1-20(2,15-11-22-17-9-12(21)5-7-14(15)17)19(24)23-16-8-6-13(25-3)10-18(16)26-4/h5-11,22H,1-4H3,(H,23,24). The number of hydrogen-bond donors (Lipinski definition) is 2. The summed E-state index contributed by atoms with van der Waals surface area (Å²) >= 11 is 0. The summed E-state index contributed by atoms with van der Waals surface area (Å²) in [6.07, 6.45) is 1.74. The minimum Gasteiger partial charge on any atom is -0.497 e. The maximum atomic E-state index is 13.4. The monoisotopic (exact) mass is 356 g/mol. The van der Waals surface area contributed by atoms with Crippen LogP contribution < -0.4 is 14.8 Å². The first-order chi connectivity index (χ1) is 12.4. The normalized spacial score (nSPS) is 11.4. The second-order valence-corrected chi connectivity index (χ2v) is 6.54. The van der Waals surface area contributed by atoms with Crippen molar-refractivity contribution in [3.8, 4) is 11.5 Å². The molecule has 0 fully saturated rings. The van der Waals surface area contributed by atoms with E-state index in [0.29, 0.717) is 22.7 Å². The summed E-state index contributed by atoms with van der Waals surface area (Å²) in [6, 6.07) is 9.67. The second kappa shape index (κ2) is 6.71. The van der Waals surface area contributed by atoms with Crippen molar-refractivity contribution in [2.75, 3.05) is 19.5 Å². The van der Waals surface area contributed by atoms with Crippen molar-refractivity contribution in [2.45, 2.75) is 19.3 Å². The Hall–Kier alpha value is -3.02. The number of H-pyrrole nitrogens is 1. The van der Waals surface area contributed by atoms with Gasteiger partial charge in [0.05, 0.1) is 25.3 Å². The summed E-state index contributed by atoms with van der Waals surface area (Å²) in [4.78, 5) is 16.0. The van der Waals surface area contributed by atoms with Gasteiger partial charge in [-0.05, 0) is 49.7 Å². The van der Waals surface area contributed by atoms with Crippen molar-refractivity contribution in [3.63, 3.8) is 0 Å². The molecule has 0 bridgehead atoms. The van der Waals surface area contributed by atoms with Crippen LogP contribution in [0.1, 0.15) is 19.4 Å². The van der Waals surface area contributed by atoms with E-state index in [1.165, 1.54) is 19.2 Å². The van der Waals surface area contributed by atoms with Crippen LogP contribution in [0.5, 0.6) is 11.5 Å². The molecule has 1 aromatic heterocycles. The topological polar surface area (TPSA) is 63.3 Å². The number of ether oxygens (including phenoxy) is 2. The molecule has 0 saturated carbocycles. The largest absolute Gasteiger partial charge is 0.497 e. The van der Waals surface area contributed by atoms with Gasteiger partial charge in [-0.2, -0.15) is 0 Å². The van der Waals surface area contributed by atoms with Gasteiger partial charge in [0.1, 0.15) is 17.3 Å². The van der Waals surface area contributed by atoms with E-state index in [2.05, 4.69) is 10.3 Å². The van der Waals surface area contributed by atoms with E-state index >= 15 is 0 Å². The highest BCUT2D eigenvalue weighted by atomic mass is 19.1. The number of halogens is 1.